The lowest BCUT2D eigenvalue weighted by atomic mass is 10.0. The van der Waals surface area contributed by atoms with Crippen LogP contribution in [0, 0.1) is 12.8 Å². The van der Waals surface area contributed by atoms with Crippen molar-refractivity contribution >= 4 is 16.5 Å². The molecule has 0 aromatic carbocycles. The molecule has 4 rings (SSSR count). The number of fused-ring (bicyclic) bond motifs is 1. The van der Waals surface area contributed by atoms with Crippen LogP contribution in [-0.2, 0) is 14.2 Å². The molecule has 0 spiro atoms. The predicted molar refractivity (Wildman–Crippen MR) is 88.0 cm³/mol. The summed E-state index contributed by atoms with van der Waals surface area (Å²) >= 11 is 1.66. The molecule has 0 unspecified atom stereocenters. The standard InChI is InChI=1S/C16H25N3O3S/c1-11-17-18-16(23-11)19-9-14(15-13(19)3-2-6-21-15)22-10-12-4-7-20-8-5-12/h12-15H,2-10H2,1H3/t13-,14-,15+/m1/s1. The molecule has 3 saturated heterocycles. The van der Waals surface area contributed by atoms with E-state index in [9.17, 15) is 0 Å². The zero-order chi connectivity index (χ0) is 15.6. The van der Waals surface area contributed by atoms with Gasteiger partial charge < -0.3 is 19.1 Å². The highest BCUT2D eigenvalue weighted by Crippen LogP contribution is 2.36. The van der Waals surface area contributed by atoms with Gasteiger partial charge in [0.2, 0.25) is 5.13 Å². The van der Waals surface area contributed by atoms with E-state index in [0.29, 0.717) is 12.0 Å². The van der Waals surface area contributed by atoms with Crippen LogP contribution in [0.3, 0.4) is 0 Å². The molecule has 3 fully saturated rings. The third-order valence-electron chi connectivity index (χ3n) is 5.13. The fourth-order valence-corrected chi connectivity index (χ4v) is 4.61. The zero-order valence-corrected chi connectivity index (χ0v) is 14.5. The van der Waals surface area contributed by atoms with Crippen molar-refractivity contribution < 1.29 is 14.2 Å². The second kappa shape index (κ2) is 7.01. The number of aryl methyl sites for hydroxylation is 1. The van der Waals surface area contributed by atoms with Crippen LogP contribution in [-0.4, -0.2) is 61.4 Å². The molecule has 7 heteroatoms. The summed E-state index contributed by atoms with van der Waals surface area (Å²) in [6, 6.07) is 0.385. The zero-order valence-electron chi connectivity index (χ0n) is 13.6. The molecule has 3 aliphatic rings. The summed E-state index contributed by atoms with van der Waals surface area (Å²) in [6.07, 6.45) is 4.81. The minimum absolute atomic E-state index is 0.146. The molecule has 0 bridgehead atoms. The Hall–Kier alpha value is -0.760. The quantitative estimate of drug-likeness (QED) is 0.837. The monoisotopic (exact) mass is 339 g/mol. The van der Waals surface area contributed by atoms with Crippen molar-refractivity contribution in [2.24, 2.45) is 5.92 Å². The highest BCUT2D eigenvalue weighted by Gasteiger charge is 2.46. The number of anilines is 1. The normalized spacial score (nSPS) is 32.2. The van der Waals surface area contributed by atoms with E-state index in [-0.39, 0.29) is 12.2 Å². The summed E-state index contributed by atoms with van der Waals surface area (Å²) in [4.78, 5) is 2.36. The van der Waals surface area contributed by atoms with E-state index < -0.39 is 0 Å². The Bertz CT molecular complexity index is 520. The predicted octanol–water partition coefficient (Wildman–Crippen LogP) is 2.03. The molecular weight excluding hydrogens is 314 g/mol. The van der Waals surface area contributed by atoms with Crippen molar-refractivity contribution in [3.63, 3.8) is 0 Å². The maximum absolute atomic E-state index is 6.30. The Balaban J connectivity index is 1.42. The van der Waals surface area contributed by atoms with Crippen molar-refractivity contribution in [2.45, 2.75) is 50.9 Å². The van der Waals surface area contributed by atoms with Crippen LogP contribution >= 0.6 is 11.3 Å². The Morgan fingerprint density at radius 3 is 2.87 bits per heavy atom. The topological polar surface area (TPSA) is 56.7 Å². The molecule has 4 heterocycles. The van der Waals surface area contributed by atoms with Gasteiger partial charge in [-0.15, -0.1) is 10.2 Å². The minimum atomic E-state index is 0.146. The molecule has 23 heavy (non-hydrogen) atoms. The maximum Gasteiger partial charge on any atom is 0.208 e. The Morgan fingerprint density at radius 2 is 2.09 bits per heavy atom. The summed E-state index contributed by atoms with van der Waals surface area (Å²) in [6.45, 7) is 6.29. The first kappa shape index (κ1) is 15.7. The molecule has 1 aromatic heterocycles. The van der Waals surface area contributed by atoms with Gasteiger partial charge in [0, 0.05) is 26.4 Å². The van der Waals surface area contributed by atoms with Crippen LogP contribution in [0.25, 0.3) is 0 Å². The van der Waals surface area contributed by atoms with Crippen molar-refractivity contribution in [3.05, 3.63) is 5.01 Å². The number of ether oxygens (including phenoxy) is 3. The summed E-state index contributed by atoms with van der Waals surface area (Å²) in [5.74, 6) is 0.628. The molecule has 3 atom stereocenters. The van der Waals surface area contributed by atoms with Crippen molar-refractivity contribution in [1.82, 2.24) is 10.2 Å². The maximum atomic E-state index is 6.30. The lowest BCUT2D eigenvalue weighted by Gasteiger charge is -2.32. The van der Waals surface area contributed by atoms with Gasteiger partial charge in [0.15, 0.2) is 0 Å². The van der Waals surface area contributed by atoms with E-state index in [1.165, 1.54) is 0 Å². The summed E-state index contributed by atoms with van der Waals surface area (Å²) in [5.41, 5.74) is 0. The van der Waals surface area contributed by atoms with Gasteiger partial charge in [0.25, 0.3) is 0 Å². The third-order valence-corrected chi connectivity index (χ3v) is 6.00. The molecule has 0 radical (unpaired) electrons. The highest BCUT2D eigenvalue weighted by atomic mass is 32.1. The van der Waals surface area contributed by atoms with E-state index in [4.69, 9.17) is 14.2 Å². The first-order valence-electron chi connectivity index (χ1n) is 8.69. The SMILES string of the molecule is Cc1nnc(N2C[C@@H](OCC3CCOCC3)[C@H]3OCCC[C@H]32)s1. The van der Waals surface area contributed by atoms with Gasteiger partial charge in [-0.1, -0.05) is 11.3 Å². The number of nitrogens with zero attached hydrogens (tertiary/aromatic N) is 3. The molecule has 0 N–H and O–H groups in total. The van der Waals surface area contributed by atoms with Gasteiger partial charge in [0.05, 0.1) is 12.6 Å². The smallest absolute Gasteiger partial charge is 0.208 e. The molecule has 6 nitrogen and oxygen atoms in total. The third kappa shape index (κ3) is 3.38. The van der Waals surface area contributed by atoms with Gasteiger partial charge in [-0.25, -0.2) is 0 Å². The van der Waals surface area contributed by atoms with Crippen LogP contribution in [0.1, 0.15) is 30.7 Å². The van der Waals surface area contributed by atoms with E-state index in [1.807, 2.05) is 6.92 Å². The number of hydrogen-bond acceptors (Lipinski definition) is 7. The van der Waals surface area contributed by atoms with Crippen molar-refractivity contribution in [1.29, 1.82) is 0 Å². The summed E-state index contributed by atoms with van der Waals surface area (Å²) < 4.78 is 17.8. The largest absolute Gasteiger partial charge is 0.381 e. The van der Waals surface area contributed by atoms with E-state index in [1.54, 1.807) is 11.3 Å². The Morgan fingerprint density at radius 1 is 1.22 bits per heavy atom. The van der Waals surface area contributed by atoms with Gasteiger partial charge >= 0.3 is 0 Å². The molecule has 3 aliphatic heterocycles. The first-order chi connectivity index (χ1) is 11.3. The number of hydrogen-bond donors (Lipinski definition) is 0. The summed E-state index contributed by atoms with van der Waals surface area (Å²) in [7, 11) is 0. The molecular formula is C16H25N3O3S. The van der Waals surface area contributed by atoms with Gasteiger partial charge in [0.1, 0.15) is 17.2 Å². The van der Waals surface area contributed by atoms with E-state index in [2.05, 4.69) is 15.1 Å². The Labute approximate surface area is 141 Å². The van der Waals surface area contributed by atoms with Crippen LogP contribution in [0.5, 0.6) is 0 Å². The van der Waals surface area contributed by atoms with Crippen LogP contribution in [0.4, 0.5) is 5.13 Å². The molecule has 1 aromatic rings. The molecule has 0 aliphatic carbocycles. The van der Waals surface area contributed by atoms with Crippen LogP contribution in [0.15, 0.2) is 0 Å². The number of rotatable bonds is 4. The molecule has 0 amide bonds. The second-order valence-corrected chi connectivity index (χ2v) is 7.89. The fraction of sp³-hybridized carbons (Fsp3) is 0.875. The Kier molecular flexibility index (Phi) is 4.80. The summed E-state index contributed by atoms with van der Waals surface area (Å²) in [5, 5.41) is 10.5. The molecule has 0 saturated carbocycles. The van der Waals surface area contributed by atoms with Gasteiger partial charge in [-0.05, 0) is 38.5 Å². The van der Waals surface area contributed by atoms with Crippen LogP contribution in [0.2, 0.25) is 0 Å². The average molecular weight is 339 g/mol. The molecule has 128 valence electrons. The lowest BCUT2D eigenvalue weighted by molar-refractivity contribution is -0.0868. The van der Waals surface area contributed by atoms with Crippen LogP contribution < -0.4 is 4.90 Å². The lowest BCUT2D eigenvalue weighted by Crippen LogP contribution is -2.42. The van der Waals surface area contributed by atoms with E-state index in [0.717, 1.165) is 68.8 Å². The highest BCUT2D eigenvalue weighted by molar-refractivity contribution is 7.15. The van der Waals surface area contributed by atoms with Crippen molar-refractivity contribution in [3.8, 4) is 0 Å². The average Bonchev–Trinajstić information content (AvgIpc) is 3.18. The minimum Gasteiger partial charge on any atom is -0.381 e. The fourth-order valence-electron chi connectivity index (χ4n) is 3.85. The van der Waals surface area contributed by atoms with Gasteiger partial charge in [-0.3, -0.25) is 0 Å². The van der Waals surface area contributed by atoms with E-state index >= 15 is 0 Å². The van der Waals surface area contributed by atoms with Crippen molar-refractivity contribution in [2.75, 3.05) is 37.9 Å². The van der Waals surface area contributed by atoms with Gasteiger partial charge in [-0.2, -0.15) is 0 Å². The number of aromatic nitrogens is 2. The first-order valence-corrected chi connectivity index (χ1v) is 9.50. The second-order valence-electron chi connectivity index (χ2n) is 6.73.